The Morgan fingerprint density at radius 3 is 2.23 bits per heavy atom. The Morgan fingerprint density at radius 1 is 0.975 bits per heavy atom. The highest BCUT2D eigenvalue weighted by molar-refractivity contribution is 5.92. The van der Waals surface area contributed by atoms with E-state index in [2.05, 4.69) is 22.8 Å². The van der Waals surface area contributed by atoms with Crippen LogP contribution in [0.25, 0.3) is 11.1 Å². The molecule has 3 aromatic rings. The van der Waals surface area contributed by atoms with Crippen LogP contribution in [-0.4, -0.2) is 73.0 Å². The molecule has 3 aromatic carbocycles. The zero-order chi connectivity index (χ0) is 28.1. The number of nitrogens with one attached hydrogen (secondary N) is 2. The monoisotopic (exact) mass is 543 g/mol. The molecule has 0 aromatic heterocycles. The number of carboxylic acids is 1. The summed E-state index contributed by atoms with van der Waals surface area (Å²) in [5.74, 6) is -1.88. The number of hydrogen-bond acceptors (Lipinski definition) is 6. The maximum Gasteiger partial charge on any atom is 0.407 e. The first-order valence-corrected chi connectivity index (χ1v) is 13.3. The number of carbonyl (C=O) groups excluding carboxylic acids is 2. The lowest BCUT2D eigenvalue weighted by atomic mass is 9.98. The number of carboxylic acid groups (broad SMARTS) is 1. The fourth-order valence-corrected chi connectivity index (χ4v) is 5.65. The third-order valence-corrected chi connectivity index (χ3v) is 7.65. The van der Waals surface area contributed by atoms with Crippen LogP contribution in [-0.2, 0) is 25.6 Å². The molecule has 2 amide bonds. The summed E-state index contributed by atoms with van der Waals surface area (Å²) in [6, 6.07) is 24.6. The molecule has 0 radical (unpaired) electrons. The predicted molar refractivity (Wildman–Crippen MR) is 149 cm³/mol. The number of nitrogens with zero attached hydrogens (tertiary/aromatic N) is 1. The molecule has 1 saturated heterocycles. The molecule has 0 saturated carbocycles. The highest BCUT2D eigenvalue weighted by Gasteiger charge is 2.47. The molecule has 0 spiro atoms. The predicted octanol–water partition coefficient (Wildman–Crippen LogP) is 3.39. The van der Waals surface area contributed by atoms with Gasteiger partial charge in [0.1, 0.15) is 12.6 Å². The van der Waals surface area contributed by atoms with Gasteiger partial charge in [-0.3, -0.25) is 9.69 Å². The molecular weight excluding hydrogens is 510 g/mol. The number of aliphatic carboxylic acids is 1. The van der Waals surface area contributed by atoms with E-state index in [1.54, 1.807) is 0 Å². The van der Waals surface area contributed by atoms with Gasteiger partial charge in [-0.25, -0.2) is 9.59 Å². The van der Waals surface area contributed by atoms with Crippen LogP contribution in [0.3, 0.4) is 0 Å². The van der Waals surface area contributed by atoms with E-state index in [0.29, 0.717) is 13.1 Å². The van der Waals surface area contributed by atoms with Gasteiger partial charge in [0.25, 0.3) is 0 Å². The van der Waals surface area contributed by atoms with Gasteiger partial charge in [0.15, 0.2) is 5.54 Å². The molecule has 3 N–H and O–H groups in total. The van der Waals surface area contributed by atoms with E-state index in [4.69, 9.17) is 9.47 Å². The number of ether oxygens (including phenoxy) is 2. The second kappa shape index (κ2) is 11.9. The van der Waals surface area contributed by atoms with Crippen LogP contribution in [0.1, 0.15) is 29.0 Å². The fraction of sp³-hybridized carbons (Fsp3) is 0.323. The lowest BCUT2D eigenvalue weighted by molar-refractivity contribution is -0.147. The van der Waals surface area contributed by atoms with Crippen molar-refractivity contribution in [3.63, 3.8) is 0 Å². The summed E-state index contributed by atoms with van der Waals surface area (Å²) in [7, 11) is 1.41. The van der Waals surface area contributed by atoms with Crippen molar-refractivity contribution in [1.82, 2.24) is 15.5 Å². The van der Waals surface area contributed by atoms with E-state index < -0.39 is 29.6 Å². The van der Waals surface area contributed by atoms with Gasteiger partial charge in [-0.15, -0.1) is 0 Å². The van der Waals surface area contributed by atoms with Gasteiger partial charge in [0, 0.05) is 32.7 Å². The molecule has 9 nitrogen and oxygen atoms in total. The largest absolute Gasteiger partial charge is 0.479 e. The van der Waals surface area contributed by atoms with E-state index in [0.717, 1.165) is 27.8 Å². The molecule has 2 aliphatic rings. The number of hydrogen-bond donors (Lipinski definition) is 3. The average Bonchev–Trinajstić information content (AvgIpc) is 3.51. The van der Waals surface area contributed by atoms with Gasteiger partial charge in [-0.05, 0) is 34.2 Å². The minimum absolute atomic E-state index is 0.0920. The third kappa shape index (κ3) is 5.71. The number of fused-ring (bicyclic) bond motifs is 3. The van der Waals surface area contributed by atoms with Crippen molar-refractivity contribution in [2.45, 2.75) is 30.5 Å². The highest BCUT2D eigenvalue weighted by atomic mass is 16.5. The molecule has 0 bridgehead atoms. The molecule has 1 aliphatic carbocycles. The number of likely N-dealkylation sites (tertiary alicyclic amines) is 1. The van der Waals surface area contributed by atoms with Crippen molar-refractivity contribution in [3.05, 3.63) is 95.6 Å². The number of alkyl carbamates (subject to hydrolysis) is 1. The first kappa shape index (κ1) is 27.4. The van der Waals surface area contributed by atoms with Gasteiger partial charge in [0.05, 0.1) is 6.61 Å². The molecule has 208 valence electrons. The van der Waals surface area contributed by atoms with E-state index in [1.807, 2.05) is 71.6 Å². The highest BCUT2D eigenvalue weighted by Crippen LogP contribution is 2.44. The first-order chi connectivity index (χ1) is 19.4. The molecule has 1 heterocycles. The average molecular weight is 544 g/mol. The Bertz CT molecular complexity index is 1330. The van der Waals surface area contributed by atoms with E-state index >= 15 is 0 Å². The topological polar surface area (TPSA) is 117 Å². The molecule has 9 heteroatoms. The van der Waals surface area contributed by atoms with Crippen LogP contribution < -0.4 is 10.6 Å². The Labute approximate surface area is 233 Å². The van der Waals surface area contributed by atoms with Crippen LogP contribution >= 0.6 is 0 Å². The standard InChI is InChI=1S/C31H33N3O6/c1-39-19-27(28(35)33-31(29(36)37)15-16-34(20-31)17-21-9-3-2-4-10-21)32-30(38)40-18-26-24-13-7-5-11-22(24)23-12-6-8-14-25(23)26/h2-14,26-27H,15-20H2,1H3,(H,32,38)(H,33,35)(H,36,37)/t27-,31?/m0/s1. The zero-order valence-electron chi connectivity index (χ0n) is 22.3. The summed E-state index contributed by atoms with van der Waals surface area (Å²) < 4.78 is 10.7. The molecule has 2 atom stereocenters. The molecule has 1 aliphatic heterocycles. The van der Waals surface area contributed by atoms with E-state index in [-0.39, 0.29) is 32.1 Å². The number of rotatable bonds is 10. The van der Waals surface area contributed by atoms with Crippen molar-refractivity contribution in [2.24, 2.45) is 0 Å². The second-order valence-electron chi connectivity index (χ2n) is 10.3. The number of methoxy groups -OCH3 is 1. The summed E-state index contributed by atoms with van der Waals surface area (Å²) >= 11 is 0. The fourth-order valence-electron chi connectivity index (χ4n) is 5.65. The van der Waals surface area contributed by atoms with Gasteiger partial charge in [-0.2, -0.15) is 0 Å². The summed E-state index contributed by atoms with van der Waals surface area (Å²) in [4.78, 5) is 40.4. The van der Waals surface area contributed by atoms with Gasteiger partial charge in [0.2, 0.25) is 5.91 Å². The quantitative estimate of drug-likeness (QED) is 0.359. The number of amides is 2. The summed E-state index contributed by atoms with van der Waals surface area (Å²) in [6.07, 6.45) is -0.536. The molecule has 1 unspecified atom stereocenters. The Morgan fingerprint density at radius 2 is 1.60 bits per heavy atom. The minimum atomic E-state index is -1.47. The van der Waals surface area contributed by atoms with Crippen molar-refractivity contribution in [1.29, 1.82) is 0 Å². The lowest BCUT2D eigenvalue weighted by Gasteiger charge is -2.28. The first-order valence-electron chi connectivity index (χ1n) is 13.3. The van der Waals surface area contributed by atoms with Crippen molar-refractivity contribution in [2.75, 3.05) is 33.4 Å². The summed E-state index contributed by atoms with van der Waals surface area (Å²) in [6.45, 7) is 1.18. The van der Waals surface area contributed by atoms with Crippen LogP contribution in [0.5, 0.6) is 0 Å². The summed E-state index contributed by atoms with van der Waals surface area (Å²) in [5.41, 5.74) is 3.96. The maximum atomic E-state index is 13.2. The van der Waals surface area contributed by atoms with Gasteiger partial charge < -0.3 is 25.2 Å². The lowest BCUT2D eigenvalue weighted by Crippen LogP contribution is -2.61. The second-order valence-corrected chi connectivity index (χ2v) is 10.3. The minimum Gasteiger partial charge on any atom is -0.479 e. The van der Waals surface area contributed by atoms with Crippen LogP contribution in [0.2, 0.25) is 0 Å². The molecular formula is C31H33N3O6. The smallest absolute Gasteiger partial charge is 0.407 e. The molecule has 40 heavy (non-hydrogen) atoms. The SMILES string of the molecule is COC[C@H](NC(=O)OCC1c2ccccc2-c2ccccc21)C(=O)NC1(C(=O)O)CCN(Cc2ccccc2)C1. The zero-order valence-corrected chi connectivity index (χ0v) is 22.3. The third-order valence-electron chi connectivity index (χ3n) is 7.65. The van der Waals surface area contributed by atoms with Crippen LogP contribution in [0, 0.1) is 0 Å². The van der Waals surface area contributed by atoms with Crippen molar-refractivity contribution < 1.29 is 29.0 Å². The van der Waals surface area contributed by atoms with Gasteiger partial charge in [-0.1, -0.05) is 78.9 Å². The number of benzene rings is 3. The molecule has 1 fully saturated rings. The van der Waals surface area contributed by atoms with Crippen molar-refractivity contribution in [3.8, 4) is 11.1 Å². The molecule has 5 rings (SSSR count). The van der Waals surface area contributed by atoms with E-state index in [9.17, 15) is 19.5 Å². The Hall–Kier alpha value is -4.21. The summed E-state index contributed by atoms with van der Waals surface area (Å²) in [5, 5.41) is 15.3. The Kier molecular flexibility index (Phi) is 8.14. The maximum absolute atomic E-state index is 13.2. The number of carbonyl (C=O) groups is 3. The van der Waals surface area contributed by atoms with Crippen LogP contribution in [0.4, 0.5) is 4.79 Å². The van der Waals surface area contributed by atoms with Gasteiger partial charge >= 0.3 is 12.1 Å². The normalized spacial score (nSPS) is 18.9. The van der Waals surface area contributed by atoms with Crippen LogP contribution in [0.15, 0.2) is 78.9 Å². The van der Waals surface area contributed by atoms with E-state index in [1.165, 1.54) is 7.11 Å². The Balaban J connectivity index is 1.21. The van der Waals surface area contributed by atoms with Crippen molar-refractivity contribution >= 4 is 18.0 Å².